The predicted molar refractivity (Wildman–Crippen MR) is 75.6 cm³/mol. The molecule has 2 aromatic rings. The quantitative estimate of drug-likeness (QED) is 0.877. The van der Waals surface area contributed by atoms with E-state index in [1.54, 1.807) is 24.0 Å². The van der Waals surface area contributed by atoms with Crippen molar-refractivity contribution in [3.8, 4) is 0 Å². The van der Waals surface area contributed by atoms with E-state index >= 15 is 0 Å². The van der Waals surface area contributed by atoms with Gasteiger partial charge in [0.05, 0.1) is 11.4 Å². The predicted octanol–water partition coefficient (Wildman–Crippen LogP) is 0.677. The van der Waals surface area contributed by atoms with E-state index < -0.39 is 10.0 Å². The summed E-state index contributed by atoms with van der Waals surface area (Å²) in [5.74, 6) is 1.19. The molecule has 2 rings (SSSR count). The van der Waals surface area contributed by atoms with Crippen LogP contribution in [0.1, 0.15) is 5.82 Å². The Hall–Kier alpha value is -1.93. The van der Waals surface area contributed by atoms with Crippen LogP contribution in [0.2, 0.25) is 0 Å². The first kappa shape index (κ1) is 14.5. The van der Waals surface area contributed by atoms with Gasteiger partial charge in [-0.1, -0.05) is 0 Å². The average Bonchev–Trinajstić information content (AvgIpc) is 2.84. The molecule has 0 aliphatic rings. The molecule has 0 fully saturated rings. The molecule has 0 atom stereocenters. The molecule has 2 heterocycles. The summed E-state index contributed by atoms with van der Waals surface area (Å²) < 4.78 is 28.0. The van der Waals surface area contributed by atoms with Crippen LogP contribution in [0.15, 0.2) is 35.6 Å². The molecule has 20 heavy (non-hydrogen) atoms. The summed E-state index contributed by atoms with van der Waals surface area (Å²) in [5.41, 5.74) is 0. The normalized spacial score (nSPS) is 11.8. The molecule has 2 aromatic heterocycles. The van der Waals surface area contributed by atoms with Crippen molar-refractivity contribution in [1.82, 2.24) is 18.8 Å². The van der Waals surface area contributed by atoms with Crippen LogP contribution >= 0.6 is 0 Å². The van der Waals surface area contributed by atoms with Crippen LogP contribution in [0.25, 0.3) is 0 Å². The fourth-order valence-electron chi connectivity index (χ4n) is 1.72. The highest BCUT2D eigenvalue weighted by molar-refractivity contribution is 7.89. The number of rotatable bonds is 5. The maximum Gasteiger partial charge on any atom is 0.243 e. The second-order valence-electron chi connectivity index (χ2n) is 4.34. The van der Waals surface area contributed by atoms with Crippen LogP contribution in [0.5, 0.6) is 0 Å². The topological polar surface area (TPSA) is 80.1 Å². The first-order chi connectivity index (χ1) is 9.45. The molecule has 8 heteroatoms. The number of pyridine rings is 1. The van der Waals surface area contributed by atoms with Crippen LogP contribution in [0, 0.1) is 0 Å². The number of nitrogens with one attached hydrogen (secondary N) is 1. The van der Waals surface area contributed by atoms with Gasteiger partial charge in [-0.2, -0.15) is 4.31 Å². The van der Waals surface area contributed by atoms with Crippen LogP contribution in [0.3, 0.4) is 0 Å². The number of hydrogen-bond acceptors (Lipinski definition) is 5. The Bertz CT molecular complexity index is 695. The van der Waals surface area contributed by atoms with Crippen molar-refractivity contribution >= 4 is 15.8 Å². The zero-order valence-electron chi connectivity index (χ0n) is 11.6. The fourth-order valence-corrected chi connectivity index (χ4v) is 2.86. The van der Waals surface area contributed by atoms with Gasteiger partial charge in [-0.3, -0.25) is 0 Å². The van der Waals surface area contributed by atoms with E-state index in [1.807, 2.05) is 7.05 Å². The molecular formula is C12H17N5O2S. The minimum Gasteiger partial charge on any atom is -0.373 e. The SMILES string of the molecule is CNc1cc(S(=O)(=O)N(C)Cc2nccn2C)ccn1. The lowest BCUT2D eigenvalue weighted by atomic mass is 10.5. The smallest absolute Gasteiger partial charge is 0.243 e. The Morgan fingerprint density at radius 1 is 1.35 bits per heavy atom. The van der Waals surface area contributed by atoms with Gasteiger partial charge in [0.15, 0.2) is 0 Å². The van der Waals surface area contributed by atoms with E-state index in [0.717, 1.165) is 0 Å². The van der Waals surface area contributed by atoms with Crippen molar-refractivity contribution in [3.63, 3.8) is 0 Å². The van der Waals surface area contributed by atoms with Crippen molar-refractivity contribution in [3.05, 3.63) is 36.5 Å². The molecule has 0 unspecified atom stereocenters. The first-order valence-electron chi connectivity index (χ1n) is 6.01. The van der Waals surface area contributed by atoms with Gasteiger partial charge >= 0.3 is 0 Å². The molecule has 0 bridgehead atoms. The first-order valence-corrected chi connectivity index (χ1v) is 7.45. The molecule has 1 N–H and O–H groups in total. The molecule has 0 amide bonds. The number of anilines is 1. The maximum absolute atomic E-state index is 12.5. The summed E-state index contributed by atoms with van der Waals surface area (Å²) in [7, 11) is 1.49. The molecule has 0 aliphatic carbocycles. The van der Waals surface area contributed by atoms with Gasteiger partial charge in [0, 0.05) is 45.8 Å². The number of aryl methyl sites for hydroxylation is 1. The number of nitrogens with zero attached hydrogens (tertiary/aromatic N) is 4. The highest BCUT2D eigenvalue weighted by atomic mass is 32.2. The molecular weight excluding hydrogens is 278 g/mol. The Labute approximate surface area is 118 Å². The minimum atomic E-state index is -3.56. The number of hydrogen-bond donors (Lipinski definition) is 1. The zero-order valence-corrected chi connectivity index (χ0v) is 12.4. The Balaban J connectivity index is 2.27. The lowest BCUT2D eigenvalue weighted by Crippen LogP contribution is -2.27. The van der Waals surface area contributed by atoms with Gasteiger partial charge in [-0.15, -0.1) is 0 Å². The van der Waals surface area contributed by atoms with Gasteiger partial charge in [-0.05, 0) is 6.07 Å². The Morgan fingerprint density at radius 3 is 2.70 bits per heavy atom. The monoisotopic (exact) mass is 295 g/mol. The van der Waals surface area contributed by atoms with E-state index in [-0.39, 0.29) is 11.4 Å². The van der Waals surface area contributed by atoms with Gasteiger partial charge in [0.2, 0.25) is 10.0 Å². The lowest BCUT2D eigenvalue weighted by Gasteiger charge is -2.17. The average molecular weight is 295 g/mol. The highest BCUT2D eigenvalue weighted by Gasteiger charge is 2.22. The molecule has 0 saturated carbocycles. The van der Waals surface area contributed by atoms with Crippen LogP contribution in [-0.2, 0) is 23.6 Å². The largest absolute Gasteiger partial charge is 0.373 e. The summed E-state index contributed by atoms with van der Waals surface area (Å²) in [6.07, 6.45) is 4.88. The van der Waals surface area contributed by atoms with Crippen molar-refractivity contribution in [1.29, 1.82) is 0 Å². The third kappa shape index (κ3) is 2.81. The fraction of sp³-hybridized carbons (Fsp3) is 0.333. The number of aromatic nitrogens is 3. The van der Waals surface area contributed by atoms with Crippen molar-refractivity contribution in [2.75, 3.05) is 19.4 Å². The molecule has 108 valence electrons. The molecule has 7 nitrogen and oxygen atoms in total. The second-order valence-corrected chi connectivity index (χ2v) is 6.39. The maximum atomic E-state index is 12.5. The molecule has 0 saturated heterocycles. The van der Waals surface area contributed by atoms with Gasteiger partial charge < -0.3 is 9.88 Å². The molecule has 0 radical (unpaired) electrons. The lowest BCUT2D eigenvalue weighted by molar-refractivity contribution is 0.451. The molecule has 0 spiro atoms. The summed E-state index contributed by atoms with van der Waals surface area (Å²) in [6, 6.07) is 2.98. The van der Waals surface area contributed by atoms with Crippen molar-refractivity contribution in [2.24, 2.45) is 7.05 Å². The molecule has 0 aliphatic heterocycles. The summed E-state index contributed by atoms with van der Waals surface area (Å²) in [4.78, 5) is 8.34. The van der Waals surface area contributed by atoms with E-state index in [0.29, 0.717) is 11.6 Å². The van der Waals surface area contributed by atoms with Gasteiger partial charge in [0.1, 0.15) is 11.6 Å². The van der Waals surface area contributed by atoms with Crippen LogP contribution in [0.4, 0.5) is 5.82 Å². The van der Waals surface area contributed by atoms with Gasteiger partial charge in [0.25, 0.3) is 0 Å². The van der Waals surface area contributed by atoms with E-state index in [1.165, 1.54) is 29.7 Å². The van der Waals surface area contributed by atoms with E-state index in [2.05, 4.69) is 15.3 Å². The standard InChI is InChI=1S/C12H17N5O2S/c1-13-11-8-10(4-5-14-11)20(18,19)17(3)9-12-15-6-7-16(12)2/h4-8H,9H2,1-3H3,(H,13,14). The summed E-state index contributed by atoms with van der Waals surface area (Å²) in [6.45, 7) is 0.211. The van der Waals surface area contributed by atoms with Crippen molar-refractivity contribution < 1.29 is 8.42 Å². The third-order valence-electron chi connectivity index (χ3n) is 2.98. The summed E-state index contributed by atoms with van der Waals surface area (Å²) >= 11 is 0. The van der Waals surface area contributed by atoms with Crippen LogP contribution < -0.4 is 5.32 Å². The van der Waals surface area contributed by atoms with Gasteiger partial charge in [-0.25, -0.2) is 18.4 Å². The van der Waals surface area contributed by atoms with Crippen molar-refractivity contribution in [2.45, 2.75) is 11.4 Å². The van der Waals surface area contributed by atoms with Crippen LogP contribution in [-0.4, -0.2) is 41.4 Å². The second kappa shape index (κ2) is 5.59. The van der Waals surface area contributed by atoms with E-state index in [9.17, 15) is 8.42 Å². The third-order valence-corrected chi connectivity index (χ3v) is 4.78. The molecule has 0 aromatic carbocycles. The van der Waals surface area contributed by atoms with E-state index in [4.69, 9.17) is 0 Å². The minimum absolute atomic E-state index is 0.202. The number of imidazole rings is 1. The number of sulfonamides is 1. The Kier molecular flexibility index (Phi) is 4.05. The zero-order chi connectivity index (χ0) is 14.8. The summed E-state index contributed by atoms with van der Waals surface area (Å²) in [5, 5.41) is 2.82. The Morgan fingerprint density at radius 2 is 2.10 bits per heavy atom. The highest BCUT2D eigenvalue weighted by Crippen LogP contribution is 2.18.